The zero-order valence-corrected chi connectivity index (χ0v) is 17.2. The zero-order chi connectivity index (χ0) is 21.1. The molecule has 0 radical (unpaired) electrons. The summed E-state index contributed by atoms with van der Waals surface area (Å²) in [5, 5.41) is 6.11. The lowest BCUT2D eigenvalue weighted by molar-refractivity contribution is 0.102. The predicted molar refractivity (Wildman–Crippen MR) is 117 cm³/mol. The quantitative estimate of drug-likeness (QED) is 0.589. The summed E-state index contributed by atoms with van der Waals surface area (Å²) in [6, 6.07) is 12.9. The van der Waals surface area contributed by atoms with Crippen LogP contribution in [0.25, 0.3) is 0 Å². The van der Waals surface area contributed by atoms with E-state index in [2.05, 4.69) is 25.5 Å². The normalized spacial score (nSPS) is 13.4. The number of nitrogens with zero attached hydrogens (tertiary/aromatic N) is 3. The number of anilines is 4. The van der Waals surface area contributed by atoms with Gasteiger partial charge in [0.1, 0.15) is 23.3 Å². The minimum absolute atomic E-state index is 0.0683. The number of hydrogen-bond donors (Lipinski definition) is 2. The minimum atomic E-state index is -0.486. The molecule has 1 fully saturated rings. The van der Waals surface area contributed by atoms with Crippen molar-refractivity contribution in [2.24, 2.45) is 0 Å². The third-order valence-electron chi connectivity index (χ3n) is 4.85. The van der Waals surface area contributed by atoms with Gasteiger partial charge in [-0.2, -0.15) is 0 Å². The molecule has 1 saturated heterocycles. The first kappa shape index (κ1) is 20.1. The molecule has 4 rings (SSSR count). The van der Waals surface area contributed by atoms with E-state index in [-0.39, 0.29) is 10.6 Å². The van der Waals surface area contributed by atoms with Crippen LogP contribution in [0, 0.1) is 12.7 Å². The Morgan fingerprint density at radius 3 is 2.43 bits per heavy atom. The number of rotatable bonds is 5. The molecule has 1 aliphatic heterocycles. The van der Waals surface area contributed by atoms with Gasteiger partial charge >= 0.3 is 0 Å². The van der Waals surface area contributed by atoms with E-state index in [1.807, 2.05) is 25.1 Å². The van der Waals surface area contributed by atoms with E-state index >= 15 is 0 Å². The van der Waals surface area contributed by atoms with Crippen molar-refractivity contribution in [2.75, 3.05) is 28.6 Å². The second kappa shape index (κ2) is 8.67. The number of carbonyl (C=O) groups excluding carboxylic acids is 1. The van der Waals surface area contributed by atoms with Crippen LogP contribution in [0.4, 0.5) is 27.4 Å². The van der Waals surface area contributed by atoms with Crippen LogP contribution in [0.2, 0.25) is 5.02 Å². The van der Waals surface area contributed by atoms with Crippen LogP contribution in [-0.2, 0) is 0 Å². The van der Waals surface area contributed by atoms with Crippen molar-refractivity contribution >= 4 is 40.5 Å². The highest BCUT2D eigenvalue weighted by atomic mass is 35.5. The maximum atomic E-state index is 13.2. The molecule has 154 valence electrons. The Morgan fingerprint density at radius 1 is 1.03 bits per heavy atom. The lowest BCUT2D eigenvalue weighted by Crippen LogP contribution is -2.19. The molecule has 0 atom stereocenters. The van der Waals surface area contributed by atoms with E-state index in [9.17, 15) is 9.18 Å². The molecule has 3 aromatic rings. The fraction of sp³-hybridized carbons (Fsp3) is 0.227. The SMILES string of the molecule is Cc1nc(Nc2ccc(NC(=O)c3ccc(F)cc3Cl)cc2)cc(N2CCCC2)n1. The van der Waals surface area contributed by atoms with Gasteiger partial charge < -0.3 is 15.5 Å². The molecule has 2 N–H and O–H groups in total. The molecule has 0 bridgehead atoms. The van der Waals surface area contributed by atoms with Gasteiger partial charge in [0.15, 0.2) is 0 Å². The molecule has 0 unspecified atom stereocenters. The summed E-state index contributed by atoms with van der Waals surface area (Å²) < 4.78 is 13.2. The highest BCUT2D eigenvalue weighted by Crippen LogP contribution is 2.24. The fourth-order valence-corrected chi connectivity index (χ4v) is 3.63. The zero-order valence-electron chi connectivity index (χ0n) is 16.5. The molecule has 6 nitrogen and oxygen atoms in total. The molecule has 30 heavy (non-hydrogen) atoms. The third-order valence-corrected chi connectivity index (χ3v) is 5.16. The Kier molecular flexibility index (Phi) is 5.81. The van der Waals surface area contributed by atoms with Gasteiger partial charge in [-0.1, -0.05) is 11.6 Å². The molecule has 2 heterocycles. The summed E-state index contributed by atoms with van der Waals surface area (Å²) in [6.45, 7) is 3.91. The molecular weight excluding hydrogens is 405 g/mol. The van der Waals surface area contributed by atoms with Crippen LogP contribution in [0.1, 0.15) is 29.0 Å². The maximum Gasteiger partial charge on any atom is 0.257 e. The van der Waals surface area contributed by atoms with Crippen LogP contribution in [0.5, 0.6) is 0 Å². The van der Waals surface area contributed by atoms with Gasteiger partial charge in [0.25, 0.3) is 5.91 Å². The molecular formula is C22H21ClFN5O. The van der Waals surface area contributed by atoms with E-state index in [0.29, 0.717) is 11.5 Å². The van der Waals surface area contributed by atoms with Gasteiger partial charge in [0, 0.05) is 30.5 Å². The standard InChI is InChI=1S/C22H21ClFN5O/c1-14-25-20(13-21(26-14)29-10-2-3-11-29)27-16-5-7-17(8-6-16)28-22(30)18-9-4-15(24)12-19(18)23/h4-9,12-13H,2-3,10-11H2,1H3,(H,28,30)(H,25,26,27). The summed E-state index contributed by atoms with van der Waals surface area (Å²) in [7, 11) is 0. The van der Waals surface area contributed by atoms with Gasteiger partial charge in [-0.15, -0.1) is 0 Å². The molecule has 8 heteroatoms. The summed E-state index contributed by atoms with van der Waals surface area (Å²) in [5.41, 5.74) is 1.65. The van der Waals surface area contributed by atoms with Crippen molar-refractivity contribution in [3.05, 3.63) is 70.8 Å². The lowest BCUT2D eigenvalue weighted by Gasteiger charge is -2.18. The number of carbonyl (C=O) groups is 1. The van der Waals surface area contributed by atoms with Crippen LogP contribution >= 0.6 is 11.6 Å². The van der Waals surface area contributed by atoms with Crippen molar-refractivity contribution in [1.29, 1.82) is 0 Å². The molecule has 0 saturated carbocycles. The smallest absolute Gasteiger partial charge is 0.257 e. The third kappa shape index (κ3) is 4.68. The van der Waals surface area contributed by atoms with E-state index < -0.39 is 11.7 Å². The second-order valence-electron chi connectivity index (χ2n) is 7.13. The number of amides is 1. The van der Waals surface area contributed by atoms with Crippen molar-refractivity contribution in [3.63, 3.8) is 0 Å². The van der Waals surface area contributed by atoms with Gasteiger partial charge in [0.05, 0.1) is 10.6 Å². The average Bonchev–Trinajstić information content (AvgIpc) is 3.24. The van der Waals surface area contributed by atoms with Crippen LogP contribution < -0.4 is 15.5 Å². The van der Waals surface area contributed by atoms with Gasteiger partial charge in [-0.25, -0.2) is 14.4 Å². The van der Waals surface area contributed by atoms with Crippen molar-refractivity contribution in [2.45, 2.75) is 19.8 Å². The number of nitrogens with one attached hydrogen (secondary N) is 2. The summed E-state index contributed by atoms with van der Waals surface area (Å²) in [5.74, 6) is 1.48. The van der Waals surface area contributed by atoms with Gasteiger partial charge in [-0.3, -0.25) is 4.79 Å². The highest BCUT2D eigenvalue weighted by Gasteiger charge is 2.15. The molecule has 0 aliphatic carbocycles. The largest absolute Gasteiger partial charge is 0.356 e. The Balaban J connectivity index is 1.44. The number of benzene rings is 2. The van der Waals surface area contributed by atoms with Gasteiger partial charge in [0.2, 0.25) is 0 Å². The summed E-state index contributed by atoms with van der Waals surface area (Å²) >= 11 is 5.95. The molecule has 2 aromatic carbocycles. The Hall–Kier alpha value is -3.19. The van der Waals surface area contributed by atoms with Crippen LogP contribution in [0.15, 0.2) is 48.5 Å². The van der Waals surface area contributed by atoms with Gasteiger partial charge in [-0.05, 0) is 62.2 Å². The Morgan fingerprint density at radius 2 is 1.73 bits per heavy atom. The van der Waals surface area contributed by atoms with Crippen LogP contribution in [0.3, 0.4) is 0 Å². The van der Waals surface area contributed by atoms with E-state index in [1.165, 1.54) is 25.0 Å². The van der Waals surface area contributed by atoms with E-state index in [1.54, 1.807) is 12.1 Å². The van der Waals surface area contributed by atoms with Crippen LogP contribution in [-0.4, -0.2) is 29.0 Å². The summed E-state index contributed by atoms with van der Waals surface area (Å²) in [4.78, 5) is 23.6. The average molecular weight is 426 g/mol. The highest BCUT2D eigenvalue weighted by molar-refractivity contribution is 6.34. The molecule has 1 aromatic heterocycles. The number of hydrogen-bond acceptors (Lipinski definition) is 5. The lowest BCUT2D eigenvalue weighted by atomic mass is 10.2. The second-order valence-corrected chi connectivity index (χ2v) is 7.54. The predicted octanol–water partition coefficient (Wildman–Crippen LogP) is 5.17. The Bertz CT molecular complexity index is 1070. The summed E-state index contributed by atoms with van der Waals surface area (Å²) in [6.07, 6.45) is 2.37. The number of aryl methyl sites for hydroxylation is 1. The van der Waals surface area contributed by atoms with E-state index in [4.69, 9.17) is 11.6 Å². The molecule has 1 amide bonds. The van der Waals surface area contributed by atoms with Crippen molar-refractivity contribution < 1.29 is 9.18 Å². The first-order valence-electron chi connectivity index (χ1n) is 9.72. The number of halogens is 2. The first-order valence-corrected chi connectivity index (χ1v) is 10.1. The Labute approximate surface area is 179 Å². The fourth-order valence-electron chi connectivity index (χ4n) is 3.38. The maximum absolute atomic E-state index is 13.2. The van der Waals surface area contributed by atoms with Crippen molar-refractivity contribution in [3.8, 4) is 0 Å². The molecule has 1 aliphatic rings. The monoisotopic (exact) mass is 425 g/mol. The first-order chi connectivity index (χ1) is 14.5. The number of aromatic nitrogens is 2. The topological polar surface area (TPSA) is 70.2 Å². The minimum Gasteiger partial charge on any atom is -0.356 e. The van der Waals surface area contributed by atoms with E-state index in [0.717, 1.165) is 36.5 Å². The van der Waals surface area contributed by atoms with Crippen molar-refractivity contribution in [1.82, 2.24) is 9.97 Å². The molecule has 0 spiro atoms.